The van der Waals surface area contributed by atoms with Crippen LogP contribution in [0.15, 0.2) is 18.3 Å². The summed E-state index contributed by atoms with van der Waals surface area (Å²) in [6, 6.07) is 2.98. The molecule has 7 heteroatoms. The first-order valence-electron chi connectivity index (χ1n) is 9.12. The quantitative estimate of drug-likeness (QED) is 0.811. The Labute approximate surface area is 154 Å². The second-order valence-electron chi connectivity index (χ2n) is 7.58. The standard InChI is InChI=1S/C19H29N3O4/c1-13(22-18(24)26-19(2,3)4)16(23)21-12-14-8-7-11-20-17(14)25-15-9-5-6-10-15/h7-8,11,13,15H,5-6,9-10,12H2,1-4H3,(H,21,23)(H,22,24)/t13-/m0/s1. The van der Waals surface area contributed by atoms with Crippen molar-refractivity contribution in [1.82, 2.24) is 15.6 Å². The van der Waals surface area contributed by atoms with Crippen molar-refractivity contribution >= 4 is 12.0 Å². The maximum atomic E-state index is 12.2. The molecule has 1 aliphatic carbocycles. The highest BCUT2D eigenvalue weighted by Gasteiger charge is 2.22. The Kier molecular flexibility index (Phi) is 6.83. The van der Waals surface area contributed by atoms with Gasteiger partial charge in [-0.2, -0.15) is 0 Å². The summed E-state index contributed by atoms with van der Waals surface area (Å²) in [7, 11) is 0. The Hall–Kier alpha value is -2.31. The lowest BCUT2D eigenvalue weighted by molar-refractivity contribution is -0.122. The van der Waals surface area contributed by atoms with Gasteiger partial charge in [0, 0.05) is 18.3 Å². The molecule has 1 aliphatic rings. The fourth-order valence-corrected chi connectivity index (χ4v) is 2.71. The van der Waals surface area contributed by atoms with Gasteiger partial charge in [0.05, 0.1) is 0 Å². The number of hydrogen-bond acceptors (Lipinski definition) is 5. The molecule has 2 rings (SSSR count). The van der Waals surface area contributed by atoms with E-state index < -0.39 is 17.7 Å². The van der Waals surface area contributed by atoms with Crippen molar-refractivity contribution in [1.29, 1.82) is 0 Å². The van der Waals surface area contributed by atoms with Crippen LogP contribution in [-0.4, -0.2) is 34.7 Å². The Morgan fingerprint density at radius 2 is 2.00 bits per heavy atom. The van der Waals surface area contributed by atoms with Crippen LogP contribution in [0, 0.1) is 0 Å². The van der Waals surface area contributed by atoms with Crippen LogP contribution in [0.25, 0.3) is 0 Å². The number of alkyl carbamates (subject to hydrolysis) is 1. The Morgan fingerprint density at radius 1 is 1.31 bits per heavy atom. The van der Waals surface area contributed by atoms with Crippen LogP contribution < -0.4 is 15.4 Å². The molecule has 0 spiro atoms. The molecule has 0 bridgehead atoms. The first-order chi connectivity index (χ1) is 12.2. The van der Waals surface area contributed by atoms with Gasteiger partial charge in [0.2, 0.25) is 11.8 Å². The van der Waals surface area contributed by atoms with Gasteiger partial charge in [-0.25, -0.2) is 9.78 Å². The normalized spacial score (nSPS) is 16.0. The smallest absolute Gasteiger partial charge is 0.408 e. The summed E-state index contributed by atoms with van der Waals surface area (Å²) < 4.78 is 11.1. The zero-order valence-corrected chi connectivity index (χ0v) is 16.0. The fourth-order valence-electron chi connectivity index (χ4n) is 2.71. The summed E-state index contributed by atoms with van der Waals surface area (Å²) in [6.07, 6.45) is 5.70. The van der Waals surface area contributed by atoms with E-state index in [1.165, 1.54) is 12.8 Å². The fraction of sp³-hybridized carbons (Fsp3) is 0.632. The van der Waals surface area contributed by atoms with E-state index in [4.69, 9.17) is 9.47 Å². The van der Waals surface area contributed by atoms with E-state index in [2.05, 4.69) is 15.6 Å². The van der Waals surface area contributed by atoms with Crippen LogP contribution in [-0.2, 0) is 16.1 Å². The molecule has 7 nitrogen and oxygen atoms in total. The summed E-state index contributed by atoms with van der Waals surface area (Å²) >= 11 is 0. The maximum Gasteiger partial charge on any atom is 0.408 e. The number of hydrogen-bond donors (Lipinski definition) is 2. The Morgan fingerprint density at radius 3 is 2.65 bits per heavy atom. The summed E-state index contributed by atoms with van der Waals surface area (Å²) in [5.41, 5.74) is 0.208. The average molecular weight is 363 g/mol. The monoisotopic (exact) mass is 363 g/mol. The third-order valence-corrected chi connectivity index (χ3v) is 4.01. The van der Waals surface area contributed by atoms with Gasteiger partial charge in [0.25, 0.3) is 0 Å². The molecule has 26 heavy (non-hydrogen) atoms. The van der Waals surface area contributed by atoms with Crippen molar-refractivity contribution in [2.24, 2.45) is 0 Å². The van der Waals surface area contributed by atoms with Crippen LogP contribution >= 0.6 is 0 Å². The third kappa shape index (κ3) is 6.54. The number of carbonyl (C=O) groups is 2. The maximum absolute atomic E-state index is 12.2. The minimum absolute atomic E-state index is 0.201. The molecule has 2 N–H and O–H groups in total. The molecule has 144 valence electrons. The molecule has 0 saturated heterocycles. The molecular formula is C19H29N3O4. The van der Waals surface area contributed by atoms with Crippen LogP contribution in [0.4, 0.5) is 4.79 Å². The molecule has 1 saturated carbocycles. The van der Waals surface area contributed by atoms with Crippen LogP contribution in [0.1, 0.15) is 58.9 Å². The predicted octanol–water partition coefficient (Wildman–Crippen LogP) is 2.93. The molecule has 0 unspecified atom stereocenters. The first kappa shape index (κ1) is 20.0. The average Bonchev–Trinajstić information content (AvgIpc) is 3.04. The van der Waals surface area contributed by atoms with Gasteiger partial charge in [-0.15, -0.1) is 0 Å². The highest BCUT2D eigenvalue weighted by Crippen LogP contribution is 2.24. The Bertz CT molecular complexity index is 621. The van der Waals surface area contributed by atoms with Crippen molar-refractivity contribution in [2.75, 3.05) is 0 Å². The lowest BCUT2D eigenvalue weighted by Gasteiger charge is -2.21. The second kappa shape index (κ2) is 8.87. The summed E-state index contributed by atoms with van der Waals surface area (Å²) in [5, 5.41) is 5.33. The van der Waals surface area contributed by atoms with Crippen LogP contribution in [0.3, 0.4) is 0 Å². The number of nitrogens with one attached hydrogen (secondary N) is 2. The predicted molar refractivity (Wildman–Crippen MR) is 97.8 cm³/mol. The van der Waals surface area contributed by atoms with E-state index in [0.717, 1.165) is 18.4 Å². The highest BCUT2D eigenvalue weighted by atomic mass is 16.6. The van der Waals surface area contributed by atoms with E-state index in [0.29, 0.717) is 5.88 Å². The van der Waals surface area contributed by atoms with Crippen molar-refractivity contribution in [3.8, 4) is 5.88 Å². The zero-order valence-electron chi connectivity index (χ0n) is 16.0. The first-order valence-corrected chi connectivity index (χ1v) is 9.12. The molecule has 1 heterocycles. The lowest BCUT2D eigenvalue weighted by Crippen LogP contribution is -2.46. The number of amides is 2. The largest absolute Gasteiger partial charge is 0.474 e. The van der Waals surface area contributed by atoms with Crippen LogP contribution in [0.2, 0.25) is 0 Å². The van der Waals surface area contributed by atoms with Gasteiger partial charge in [-0.3, -0.25) is 4.79 Å². The Balaban J connectivity index is 1.85. The highest BCUT2D eigenvalue weighted by molar-refractivity contribution is 5.85. The molecule has 1 atom stereocenters. The molecule has 0 aliphatic heterocycles. The number of carbonyl (C=O) groups excluding carboxylic acids is 2. The second-order valence-corrected chi connectivity index (χ2v) is 7.58. The number of pyridine rings is 1. The number of aromatic nitrogens is 1. The molecule has 0 aromatic carbocycles. The topological polar surface area (TPSA) is 89.5 Å². The minimum Gasteiger partial charge on any atom is -0.474 e. The SMILES string of the molecule is C[C@H](NC(=O)OC(C)(C)C)C(=O)NCc1cccnc1OC1CCCC1. The zero-order chi connectivity index (χ0) is 19.2. The van der Waals surface area contributed by atoms with E-state index in [-0.39, 0.29) is 18.6 Å². The van der Waals surface area contributed by atoms with Crippen molar-refractivity contribution in [3.63, 3.8) is 0 Å². The van der Waals surface area contributed by atoms with Crippen molar-refractivity contribution in [2.45, 2.75) is 77.7 Å². The van der Waals surface area contributed by atoms with Gasteiger partial charge in [0.1, 0.15) is 17.7 Å². The minimum atomic E-state index is -0.708. The molecule has 2 amide bonds. The van der Waals surface area contributed by atoms with E-state index >= 15 is 0 Å². The van der Waals surface area contributed by atoms with E-state index in [1.807, 2.05) is 12.1 Å². The number of nitrogens with zero attached hydrogens (tertiary/aromatic N) is 1. The van der Waals surface area contributed by atoms with Gasteiger partial charge in [-0.1, -0.05) is 6.07 Å². The molecule has 1 fully saturated rings. The van der Waals surface area contributed by atoms with E-state index in [1.54, 1.807) is 33.9 Å². The molecule has 1 aromatic rings. The van der Waals surface area contributed by atoms with Gasteiger partial charge >= 0.3 is 6.09 Å². The summed E-state index contributed by atoms with van der Waals surface area (Å²) in [6.45, 7) is 7.20. The van der Waals surface area contributed by atoms with Gasteiger partial charge in [-0.05, 0) is 59.4 Å². The third-order valence-electron chi connectivity index (χ3n) is 4.01. The lowest BCUT2D eigenvalue weighted by atomic mass is 10.2. The van der Waals surface area contributed by atoms with Gasteiger partial charge < -0.3 is 20.1 Å². The van der Waals surface area contributed by atoms with Crippen LogP contribution in [0.5, 0.6) is 5.88 Å². The number of ether oxygens (including phenoxy) is 2. The van der Waals surface area contributed by atoms with Crippen molar-refractivity contribution < 1.29 is 19.1 Å². The molecule has 0 radical (unpaired) electrons. The van der Waals surface area contributed by atoms with Crippen molar-refractivity contribution in [3.05, 3.63) is 23.9 Å². The molecular weight excluding hydrogens is 334 g/mol. The van der Waals surface area contributed by atoms with E-state index in [9.17, 15) is 9.59 Å². The molecule has 1 aromatic heterocycles. The summed E-state index contributed by atoms with van der Waals surface area (Å²) in [5.74, 6) is 0.263. The van der Waals surface area contributed by atoms with Gasteiger partial charge in [0.15, 0.2) is 0 Å². The summed E-state index contributed by atoms with van der Waals surface area (Å²) in [4.78, 5) is 28.3. The number of rotatable bonds is 6.